The average Bonchev–Trinajstić information content (AvgIpc) is 2.68. The first-order valence-corrected chi connectivity index (χ1v) is 5.36. The second-order valence-electron chi connectivity index (χ2n) is 4.10. The largest absolute Gasteiger partial charge is 0.423 e. The SMILES string of the molecule is CC(N)c1nnc(C2CCCCC2)o1. The van der Waals surface area contributed by atoms with Gasteiger partial charge in [0.15, 0.2) is 0 Å². The Morgan fingerprint density at radius 3 is 2.57 bits per heavy atom. The predicted octanol–water partition coefficient (Wildman–Crippen LogP) is 2.14. The Labute approximate surface area is 83.9 Å². The van der Waals surface area contributed by atoms with Crippen molar-refractivity contribution in [2.75, 3.05) is 0 Å². The minimum absolute atomic E-state index is 0.153. The lowest BCUT2D eigenvalue weighted by molar-refractivity contribution is 0.344. The lowest BCUT2D eigenvalue weighted by Gasteiger charge is -2.17. The molecule has 0 bridgehead atoms. The summed E-state index contributed by atoms with van der Waals surface area (Å²) in [6, 6.07) is -0.153. The van der Waals surface area contributed by atoms with E-state index in [1.165, 1.54) is 32.1 Å². The number of aromatic nitrogens is 2. The maximum Gasteiger partial charge on any atom is 0.232 e. The van der Waals surface area contributed by atoms with E-state index in [0.29, 0.717) is 11.8 Å². The summed E-state index contributed by atoms with van der Waals surface area (Å²) in [6.07, 6.45) is 6.26. The van der Waals surface area contributed by atoms with Crippen molar-refractivity contribution in [3.05, 3.63) is 11.8 Å². The molecular weight excluding hydrogens is 178 g/mol. The Kier molecular flexibility index (Phi) is 2.82. The van der Waals surface area contributed by atoms with E-state index in [-0.39, 0.29) is 6.04 Å². The van der Waals surface area contributed by atoms with E-state index in [0.717, 1.165) is 5.89 Å². The van der Waals surface area contributed by atoms with Crippen molar-refractivity contribution in [3.63, 3.8) is 0 Å². The monoisotopic (exact) mass is 195 g/mol. The van der Waals surface area contributed by atoms with Gasteiger partial charge in [0.2, 0.25) is 11.8 Å². The predicted molar refractivity (Wildman–Crippen MR) is 52.7 cm³/mol. The van der Waals surface area contributed by atoms with Gasteiger partial charge in [0.25, 0.3) is 0 Å². The molecule has 1 saturated carbocycles. The molecule has 1 aliphatic rings. The van der Waals surface area contributed by atoms with Crippen LogP contribution in [0, 0.1) is 0 Å². The summed E-state index contributed by atoms with van der Waals surface area (Å²) in [7, 11) is 0. The molecule has 1 atom stereocenters. The van der Waals surface area contributed by atoms with Crippen LogP contribution in [0.1, 0.15) is 62.8 Å². The first-order chi connectivity index (χ1) is 6.77. The Morgan fingerprint density at radius 1 is 1.29 bits per heavy atom. The highest BCUT2D eigenvalue weighted by molar-refractivity contribution is 4.94. The average molecular weight is 195 g/mol. The number of nitrogens with two attached hydrogens (primary N) is 1. The van der Waals surface area contributed by atoms with Crippen LogP contribution in [0.3, 0.4) is 0 Å². The van der Waals surface area contributed by atoms with Gasteiger partial charge in [0, 0.05) is 5.92 Å². The molecule has 1 unspecified atom stereocenters. The molecular formula is C10H17N3O. The van der Waals surface area contributed by atoms with E-state index in [4.69, 9.17) is 10.2 Å². The van der Waals surface area contributed by atoms with Gasteiger partial charge in [-0.1, -0.05) is 19.3 Å². The number of rotatable bonds is 2. The highest BCUT2D eigenvalue weighted by Gasteiger charge is 2.21. The fourth-order valence-corrected chi connectivity index (χ4v) is 1.95. The summed E-state index contributed by atoms with van der Waals surface area (Å²) in [5, 5.41) is 8.01. The molecule has 1 aromatic heterocycles. The number of nitrogens with zero attached hydrogens (tertiary/aromatic N) is 2. The first kappa shape index (κ1) is 9.65. The highest BCUT2D eigenvalue weighted by Crippen LogP contribution is 2.31. The van der Waals surface area contributed by atoms with Crippen molar-refractivity contribution in [2.45, 2.75) is 51.0 Å². The van der Waals surface area contributed by atoms with Crippen molar-refractivity contribution in [2.24, 2.45) is 5.73 Å². The Bertz CT molecular complexity index is 289. The summed E-state index contributed by atoms with van der Waals surface area (Å²) in [5.74, 6) is 1.83. The molecule has 0 amide bonds. The molecule has 1 aliphatic carbocycles. The van der Waals surface area contributed by atoms with E-state index in [1.54, 1.807) is 0 Å². The van der Waals surface area contributed by atoms with Crippen LogP contribution in [-0.2, 0) is 0 Å². The van der Waals surface area contributed by atoms with E-state index in [1.807, 2.05) is 6.92 Å². The van der Waals surface area contributed by atoms with Gasteiger partial charge in [-0.3, -0.25) is 0 Å². The quantitative estimate of drug-likeness (QED) is 0.785. The third-order valence-corrected chi connectivity index (χ3v) is 2.80. The summed E-state index contributed by atoms with van der Waals surface area (Å²) in [4.78, 5) is 0. The molecule has 4 heteroatoms. The van der Waals surface area contributed by atoms with Gasteiger partial charge in [-0.25, -0.2) is 0 Å². The molecule has 14 heavy (non-hydrogen) atoms. The molecule has 0 radical (unpaired) electrons. The van der Waals surface area contributed by atoms with Crippen LogP contribution in [0.4, 0.5) is 0 Å². The maximum atomic E-state index is 5.66. The van der Waals surface area contributed by atoms with Crippen LogP contribution in [0.2, 0.25) is 0 Å². The molecule has 78 valence electrons. The molecule has 2 N–H and O–H groups in total. The second-order valence-corrected chi connectivity index (χ2v) is 4.10. The number of hydrogen-bond acceptors (Lipinski definition) is 4. The fraction of sp³-hybridized carbons (Fsp3) is 0.800. The van der Waals surface area contributed by atoms with Crippen LogP contribution in [0.5, 0.6) is 0 Å². The van der Waals surface area contributed by atoms with Crippen LogP contribution < -0.4 is 5.73 Å². The van der Waals surface area contributed by atoms with Crippen LogP contribution >= 0.6 is 0 Å². The summed E-state index contributed by atoms with van der Waals surface area (Å²) in [6.45, 7) is 1.86. The topological polar surface area (TPSA) is 64.9 Å². The van der Waals surface area contributed by atoms with Crippen molar-refractivity contribution in [1.29, 1.82) is 0 Å². The van der Waals surface area contributed by atoms with E-state index in [9.17, 15) is 0 Å². The Hall–Kier alpha value is -0.900. The zero-order valence-corrected chi connectivity index (χ0v) is 8.57. The van der Waals surface area contributed by atoms with Crippen LogP contribution in [0.15, 0.2) is 4.42 Å². The smallest absolute Gasteiger partial charge is 0.232 e. The summed E-state index contributed by atoms with van der Waals surface area (Å²) >= 11 is 0. The van der Waals surface area contributed by atoms with Crippen molar-refractivity contribution < 1.29 is 4.42 Å². The van der Waals surface area contributed by atoms with Gasteiger partial charge in [-0.15, -0.1) is 10.2 Å². The zero-order valence-electron chi connectivity index (χ0n) is 8.57. The van der Waals surface area contributed by atoms with Gasteiger partial charge < -0.3 is 10.2 Å². The Morgan fingerprint density at radius 2 is 2.00 bits per heavy atom. The molecule has 4 nitrogen and oxygen atoms in total. The lowest BCUT2D eigenvalue weighted by atomic mass is 9.89. The Balaban J connectivity index is 2.07. The molecule has 0 aromatic carbocycles. The second kappa shape index (κ2) is 4.09. The molecule has 1 fully saturated rings. The zero-order chi connectivity index (χ0) is 9.97. The summed E-state index contributed by atoms with van der Waals surface area (Å²) < 4.78 is 5.54. The highest BCUT2D eigenvalue weighted by atomic mass is 16.4. The van der Waals surface area contributed by atoms with Crippen LogP contribution in [-0.4, -0.2) is 10.2 Å². The van der Waals surface area contributed by atoms with E-state index >= 15 is 0 Å². The maximum absolute atomic E-state index is 5.66. The van der Waals surface area contributed by atoms with Crippen molar-refractivity contribution in [3.8, 4) is 0 Å². The van der Waals surface area contributed by atoms with E-state index < -0.39 is 0 Å². The van der Waals surface area contributed by atoms with Gasteiger partial charge >= 0.3 is 0 Å². The molecule has 0 spiro atoms. The van der Waals surface area contributed by atoms with Crippen molar-refractivity contribution >= 4 is 0 Å². The molecule has 0 aliphatic heterocycles. The van der Waals surface area contributed by atoms with E-state index in [2.05, 4.69) is 10.2 Å². The van der Waals surface area contributed by atoms with Gasteiger partial charge in [0.1, 0.15) is 0 Å². The lowest BCUT2D eigenvalue weighted by Crippen LogP contribution is -2.05. The standard InChI is InChI=1S/C10H17N3O/c1-7(11)9-12-13-10(14-9)8-5-3-2-4-6-8/h7-8H,2-6,11H2,1H3. The minimum atomic E-state index is -0.153. The van der Waals surface area contributed by atoms with Crippen molar-refractivity contribution in [1.82, 2.24) is 10.2 Å². The molecule has 1 heterocycles. The van der Waals surface area contributed by atoms with Gasteiger partial charge in [-0.2, -0.15) is 0 Å². The van der Waals surface area contributed by atoms with Crippen LogP contribution in [0.25, 0.3) is 0 Å². The molecule has 0 saturated heterocycles. The summed E-state index contributed by atoms with van der Waals surface area (Å²) in [5.41, 5.74) is 5.66. The minimum Gasteiger partial charge on any atom is -0.423 e. The first-order valence-electron chi connectivity index (χ1n) is 5.36. The third-order valence-electron chi connectivity index (χ3n) is 2.80. The van der Waals surface area contributed by atoms with Gasteiger partial charge in [-0.05, 0) is 19.8 Å². The normalized spacial score (nSPS) is 21.0. The molecule has 2 rings (SSSR count). The fourth-order valence-electron chi connectivity index (χ4n) is 1.95. The van der Waals surface area contributed by atoms with Gasteiger partial charge in [0.05, 0.1) is 6.04 Å². The third kappa shape index (κ3) is 1.95. The number of hydrogen-bond donors (Lipinski definition) is 1. The molecule has 1 aromatic rings.